The number of piperidine rings is 1. The summed E-state index contributed by atoms with van der Waals surface area (Å²) in [6.07, 6.45) is 6.96. The number of hydrogen-bond acceptors (Lipinski definition) is 4. The van der Waals surface area contributed by atoms with Crippen LogP contribution in [0.15, 0.2) is 42.6 Å². The van der Waals surface area contributed by atoms with Crippen molar-refractivity contribution in [3.8, 4) is 0 Å². The first kappa shape index (κ1) is 20.0. The van der Waals surface area contributed by atoms with Gasteiger partial charge in [0, 0.05) is 38.4 Å². The van der Waals surface area contributed by atoms with Gasteiger partial charge in [-0.25, -0.2) is 4.98 Å². The lowest BCUT2D eigenvalue weighted by molar-refractivity contribution is 0.436. The fraction of sp³-hybridized carbons (Fsp3) is 0.478. The molecule has 2 aromatic rings. The highest BCUT2D eigenvalue weighted by atomic mass is 32.1. The standard InChI is InChI=1S/C23H31N5S/c1-18-10-14-28(15-11-18)22-9-6-20(17-24-22)26-23(29)25-16-19-4-7-21(8-5-19)27-12-2-3-13-27/h4-9,17-18H,2-3,10-16H2,1H3,(H2,25,26,29). The number of anilines is 3. The Morgan fingerprint density at radius 3 is 2.38 bits per heavy atom. The maximum atomic E-state index is 5.45. The average molecular weight is 410 g/mol. The second-order valence-corrected chi connectivity index (χ2v) is 8.65. The molecule has 0 atom stereocenters. The first-order valence-electron chi connectivity index (χ1n) is 10.8. The summed E-state index contributed by atoms with van der Waals surface area (Å²) in [4.78, 5) is 9.43. The van der Waals surface area contributed by atoms with Crippen molar-refractivity contribution in [2.45, 2.75) is 39.2 Å². The van der Waals surface area contributed by atoms with Crippen molar-refractivity contribution in [1.82, 2.24) is 10.3 Å². The van der Waals surface area contributed by atoms with E-state index in [0.29, 0.717) is 11.7 Å². The smallest absolute Gasteiger partial charge is 0.171 e. The normalized spacial score (nSPS) is 17.4. The Morgan fingerprint density at radius 2 is 1.72 bits per heavy atom. The van der Waals surface area contributed by atoms with E-state index in [2.05, 4.69) is 68.7 Å². The van der Waals surface area contributed by atoms with Gasteiger partial charge in [-0.1, -0.05) is 19.1 Å². The van der Waals surface area contributed by atoms with Gasteiger partial charge in [-0.15, -0.1) is 0 Å². The summed E-state index contributed by atoms with van der Waals surface area (Å²) in [5.74, 6) is 1.88. The van der Waals surface area contributed by atoms with E-state index in [4.69, 9.17) is 12.2 Å². The van der Waals surface area contributed by atoms with Crippen molar-refractivity contribution in [2.75, 3.05) is 41.3 Å². The highest BCUT2D eigenvalue weighted by molar-refractivity contribution is 7.80. The molecule has 0 aliphatic carbocycles. The topological polar surface area (TPSA) is 43.4 Å². The number of rotatable bonds is 5. The van der Waals surface area contributed by atoms with Crippen molar-refractivity contribution >= 4 is 34.5 Å². The summed E-state index contributed by atoms with van der Waals surface area (Å²) in [7, 11) is 0. The lowest BCUT2D eigenvalue weighted by atomic mass is 9.99. The zero-order valence-electron chi connectivity index (χ0n) is 17.2. The Morgan fingerprint density at radius 1 is 1.00 bits per heavy atom. The maximum absolute atomic E-state index is 5.45. The summed E-state index contributed by atoms with van der Waals surface area (Å²) in [5.41, 5.74) is 3.46. The monoisotopic (exact) mass is 409 g/mol. The van der Waals surface area contributed by atoms with E-state index < -0.39 is 0 Å². The van der Waals surface area contributed by atoms with Gasteiger partial charge in [-0.2, -0.15) is 0 Å². The minimum absolute atomic E-state index is 0.620. The third kappa shape index (κ3) is 5.38. The zero-order valence-corrected chi connectivity index (χ0v) is 18.0. The molecule has 3 heterocycles. The first-order valence-corrected chi connectivity index (χ1v) is 11.2. The van der Waals surface area contributed by atoms with Crippen LogP contribution in [-0.2, 0) is 6.54 Å². The highest BCUT2D eigenvalue weighted by Crippen LogP contribution is 2.22. The molecule has 0 saturated carbocycles. The average Bonchev–Trinajstić information content (AvgIpc) is 3.29. The van der Waals surface area contributed by atoms with E-state index >= 15 is 0 Å². The van der Waals surface area contributed by atoms with Crippen LogP contribution in [0.1, 0.15) is 38.2 Å². The van der Waals surface area contributed by atoms with Gasteiger partial charge in [0.1, 0.15) is 5.82 Å². The van der Waals surface area contributed by atoms with Gasteiger partial charge >= 0.3 is 0 Å². The van der Waals surface area contributed by atoms with Crippen molar-refractivity contribution in [3.05, 3.63) is 48.2 Å². The predicted octanol–water partition coefficient (Wildman–Crippen LogP) is 4.40. The molecule has 2 saturated heterocycles. The Labute approximate surface area is 179 Å². The Kier molecular flexibility index (Phi) is 6.49. The van der Waals surface area contributed by atoms with Gasteiger partial charge in [-0.05, 0) is 73.6 Å². The van der Waals surface area contributed by atoms with Crippen molar-refractivity contribution in [2.24, 2.45) is 5.92 Å². The molecule has 2 aliphatic rings. The van der Waals surface area contributed by atoms with Gasteiger partial charge in [0.25, 0.3) is 0 Å². The Hall–Kier alpha value is -2.34. The summed E-state index contributed by atoms with van der Waals surface area (Å²) in [6.45, 7) is 7.58. The van der Waals surface area contributed by atoms with E-state index in [1.54, 1.807) is 0 Å². The number of nitrogens with one attached hydrogen (secondary N) is 2. The molecule has 154 valence electrons. The van der Waals surface area contributed by atoms with Gasteiger partial charge in [0.05, 0.1) is 11.9 Å². The van der Waals surface area contributed by atoms with E-state index in [-0.39, 0.29) is 0 Å². The summed E-state index contributed by atoms with van der Waals surface area (Å²) in [5, 5.41) is 7.14. The largest absolute Gasteiger partial charge is 0.372 e. The second-order valence-electron chi connectivity index (χ2n) is 8.24. The third-order valence-electron chi connectivity index (χ3n) is 5.97. The van der Waals surface area contributed by atoms with Crippen molar-refractivity contribution < 1.29 is 0 Å². The quantitative estimate of drug-likeness (QED) is 0.714. The van der Waals surface area contributed by atoms with Crippen LogP contribution in [0.25, 0.3) is 0 Å². The molecule has 0 amide bonds. The molecule has 5 nitrogen and oxygen atoms in total. The Bertz CT molecular complexity index is 791. The third-order valence-corrected chi connectivity index (χ3v) is 6.22. The molecular formula is C23H31N5S. The fourth-order valence-corrected chi connectivity index (χ4v) is 4.23. The first-order chi connectivity index (χ1) is 14.2. The van der Waals surface area contributed by atoms with Crippen molar-refractivity contribution in [3.63, 3.8) is 0 Å². The molecule has 1 aromatic heterocycles. The van der Waals surface area contributed by atoms with Crippen LogP contribution in [0, 0.1) is 5.92 Å². The van der Waals surface area contributed by atoms with E-state index in [9.17, 15) is 0 Å². The van der Waals surface area contributed by atoms with Crippen LogP contribution in [0.3, 0.4) is 0 Å². The van der Waals surface area contributed by atoms with Crippen molar-refractivity contribution in [1.29, 1.82) is 0 Å². The molecule has 0 bridgehead atoms. The molecule has 2 N–H and O–H groups in total. The predicted molar refractivity (Wildman–Crippen MR) is 126 cm³/mol. The second kappa shape index (κ2) is 9.44. The zero-order chi connectivity index (χ0) is 20.1. The summed E-state index contributed by atoms with van der Waals surface area (Å²) in [6, 6.07) is 12.9. The van der Waals surface area contributed by atoms with Gasteiger partial charge in [-0.3, -0.25) is 0 Å². The number of hydrogen-bond donors (Lipinski definition) is 2. The number of thiocarbonyl (C=S) groups is 1. The number of nitrogens with zero attached hydrogens (tertiary/aromatic N) is 3. The van der Waals surface area contributed by atoms with Crippen LogP contribution in [-0.4, -0.2) is 36.3 Å². The molecule has 29 heavy (non-hydrogen) atoms. The maximum Gasteiger partial charge on any atom is 0.171 e. The molecule has 4 rings (SSSR count). The molecule has 2 fully saturated rings. The Balaban J connectivity index is 1.24. The molecule has 0 unspecified atom stereocenters. The molecule has 0 radical (unpaired) electrons. The van der Waals surface area contributed by atoms with Crippen LogP contribution in [0.5, 0.6) is 0 Å². The number of aromatic nitrogens is 1. The fourth-order valence-electron chi connectivity index (χ4n) is 4.04. The number of benzene rings is 1. The van der Waals surface area contributed by atoms with Crippen LogP contribution in [0.2, 0.25) is 0 Å². The molecular weight excluding hydrogens is 378 g/mol. The van der Waals surface area contributed by atoms with E-state index in [1.807, 2.05) is 6.20 Å². The van der Waals surface area contributed by atoms with Crippen LogP contribution >= 0.6 is 12.2 Å². The van der Waals surface area contributed by atoms with E-state index in [0.717, 1.165) is 30.5 Å². The molecule has 0 spiro atoms. The van der Waals surface area contributed by atoms with Crippen LogP contribution in [0.4, 0.5) is 17.2 Å². The lowest BCUT2D eigenvalue weighted by Crippen LogP contribution is -2.33. The molecule has 6 heteroatoms. The van der Waals surface area contributed by atoms with Gasteiger partial charge < -0.3 is 20.4 Å². The van der Waals surface area contributed by atoms with Gasteiger partial charge in [0.2, 0.25) is 0 Å². The lowest BCUT2D eigenvalue weighted by Gasteiger charge is -2.31. The minimum atomic E-state index is 0.620. The number of pyridine rings is 1. The SMILES string of the molecule is CC1CCN(c2ccc(NC(=S)NCc3ccc(N4CCCC4)cc3)cn2)CC1. The van der Waals surface area contributed by atoms with Crippen LogP contribution < -0.4 is 20.4 Å². The minimum Gasteiger partial charge on any atom is -0.372 e. The van der Waals surface area contributed by atoms with E-state index in [1.165, 1.54) is 50.0 Å². The van der Waals surface area contributed by atoms with Gasteiger partial charge in [0.15, 0.2) is 5.11 Å². The molecule has 1 aromatic carbocycles. The highest BCUT2D eigenvalue weighted by Gasteiger charge is 2.16. The summed E-state index contributed by atoms with van der Waals surface area (Å²) >= 11 is 5.45. The summed E-state index contributed by atoms with van der Waals surface area (Å²) < 4.78 is 0. The molecule has 2 aliphatic heterocycles.